The first-order valence-corrected chi connectivity index (χ1v) is 6.79. The number of rotatable bonds is 3. The minimum atomic E-state index is 0.709. The summed E-state index contributed by atoms with van der Waals surface area (Å²) in [6.45, 7) is 2.23. The van der Waals surface area contributed by atoms with Crippen molar-refractivity contribution in [3.63, 3.8) is 0 Å². The minimum Gasteiger partial charge on any atom is -0.364 e. The highest BCUT2D eigenvalue weighted by molar-refractivity contribution is 8.13. The van der Waals surface area contributed by atoms with Crippen molar-refractivity contribution in [2.45, 2.75) is 32.1 Å². The van der Waals surface area contributed by atoms with E-state index >= 15 is 0 Å². The molecule has 2 saturated carbocycles. The summed E-state index contributed by atoms with van der Waals surface area (Å²) in [5.41, 5.74) is 0.709. The van der Waals surface area contributed by atoms with Gasteiger partial charge in [-0.25, -0.2) is 0 Å². The van der Waals surface area contributed by atoms with Gasteiger partial charge in [0.2, 0.25) is 0 Å². The number of thioether (sulfide) groups is 1. The third kappa shape index (κ3) is 1.79. The highest BCUT2D eigenvalue weighted by atomic mass is 32.2. The molecule has 0 bridgehead atoms. The molecule has 2 nitrogen and oxygen atoms in total. The summed E-state index contributed by atoms with van der Waals surface area (Å²) < 4.78 is 0. The van der Waals surface area contributed by atoms with Gasteiger partial charge in [0.15, 0.2) is 5.17 Å². The normalized spacial score (nSPS) is 29.6. The van der Waals surface area contributed by atoms with Crippen LogP contribution in [0.3, 0.4) is 0 Å². The van der Waals surface area contributed by atoms with Crippen molar-refractivity contribution < 1.29 is 0 Å². The Labute approximate surface area is 89.9 Å². The van der Waals surface area contributed by atoms with Crippen LogP contribution in [0.2, 0.25) is 0 Å². The summed E-state index contributed by atoms with van der Waals surface area (Å²) in [7, 11) is 0. The van der Waals surface area contributed by atoms with Crippen LogP contribution in [-0.2, 0) is 0 Å². The summed E-state index contributed by atoms with van der Waals surface area (Å²) in [6, 6.07) is 0. The third-order valence-electron chi connectivity index (χ3n) is 3.72. The molecule has 0 aromatic carbocycles. The van der Waals surface area contributed by atoms with Gasteiger partial charge < -0.3 is 5.32 Å². The van der Waals surface area contributed by atoms with Crippen LogP contribution in [0.15, 0.2) is 4.99 Å². The fourth-order valence-electron chi connectivity index (χ4n) is 2.40. The first-order valence-electron chi connectivity index (χ1n) is 5.80. The van der Waals surface area contributed by atoms with E-state index in [1.165, 1.54) is 49.6 Å². The fourth-order valence-corrected chi connectivity index (χ4v) is 3.23. The Bertz CT molecular complexity index is 254. The quantitative estimate of drug-likeness (QED) is 0.772. The molecular weight excluding hydrogens is 192 g/mol. The number of hydrogen-bond donors (Lipinski definition) is 1. The van der Waals surface area contributed by atoms with Gasteiger partial charge in [-0.2, -0.15) is 0 Å². The number of nitrogens with one attached hydrogen (secondary N) is 1. The SMILES string of the molecule is C1CN=C(NCC2(C3CC3)CC2)SC1. The molecule has 0 atom stereocenters. The zero-order valence-corrected chi connectivity index (χ0v) is 9.41. The number of nitrogens with zero attached hydrogens (tertiary/aromatic N) is 1. The van der Waals surface area contributed by atoms with Gasteiger partial charge in [-0.15, -0.1) is 0 Å². The maximum absolute atomic E-state index is 4.51. The zero-order chi connectivity index (χ0) is 9.43. The van der Waals surface area contributed by atoms with Crippen molar-refractivity contribution in [1.29, 1.82) is 0 Å². The van der Waals surface area contributed by atoms with Crippen LogP contribution in [0.25, 0.3) is 0 Å². The second-order valence-electron chi connectivity index (χ2n) is 4.88. The summed E-state index contributed by atoms with van der Waals surface area (Å²) in [5, 5.41) is 4.77. The van der Waals surface area contributed by atoms with Crippen LogP contribution >= 0.6 is 11.8 Å². The topological polar surface area (TPSA) is 24.4 Å². The van der Waals surface area contributed by atoms with Gasteiger partial charge in [0.1, 0.15) is 0 Å². The van der Waals surface area contributed by atoms with E-state index in [1.807, 2.05) is 11.8 Å². The standard InChI is InChI=1S/C11H18N2S/c1-6-12-10(14-7-1)13-8-11(4-5-11)9-2-3-9/h9H,1-8H2,(H,12,13). The lowest BCUT2D eigenvalue weighted by atomic mass is 10.0. The molecule has 2 fully saturated rings. The van der Waals surface area contributed by atoms with E-state index in [9.17, 15) is 0 Å². The van der Waals surface area contributed by atoms with Gasteiger partial charge in [0, 0.05) is 18.8 Å². The Kier molecular flexibility index (Phi) is 2.23. The van der Waals surface area contributed by atoms with Crippen molar-refractivity contribution >= 4 is 16.9 Å². The molecule has 0 radical (unpaired) electrons. The average Bonchev–Trinajstić information content (AvgIpc) is 3.08. The van der Waals surface area contributed by atoms with Crippen molar-refractivity contribution in [3.8, 4) is 0 Å². The molecule has 0 unspecified atom stereocenters. The molecule has 1 heterocycles. The summed E-state index contributed by atoms with van der Waals surface area (Å²) in [6.07, 6.45) is 7.15. The van der Waals surface area contributed by atoms with E-state index in [0.29, 0.717) is 5.41 Å². The molecule has 1 aliphatic heterocycles. The fraction of sp³-hybridized carbons (Fsp3) is 0.909. The highest BCUT2D eigenvalue weighted by Crippen LogP contribution is 2.60. The van der Waals surface area contributed by atoms with Gasteiger partial charge >= 0.3 is 0 Å². The molecule has 3 heteroatoms. The molecule has 0 aromatic rings. The minimum absolute atomic E-state index is 0.709. The van der Waals surface area contributed by atoms with Gasteiger partial charge in [0.05, 0.1) is 0 Å². The van der Waals surface area contributed by atoms with Crippen LogP contribution in [-0.4, -0.2) is 24.0 Å². The van der Waals surface area contributed by atoms with Crippen LogP contribution in [0, 0.1) is 11.3 Å². The predicted octanol–water partition coefficient (Wildman–Crippen LogP) is 2.26. The second-order valence-corrected chi connectivity index (χ2v) is 5.96. The maximum Gasteiger partial charge on any atom is 0.156 e. The Morgan fingerprint density at radius 2 is 2.29 bits per heavy atom. The summed E-state index contributed by atoms with van der Waals surface area (Å²) in [5.74, 6) is 2.31. The van der Waals surface area contributed by atoms with E-state index in [-0.39, 0.29) is 0 Å². The molecular formula is C11H18N2S. The second kappa shape index (κ2) is 3.44. The smallest absolute Gasteiger partial charge is 0.156 e. The summed E-state index contributed by atoms with van der Waals surface area (Å²) >= 11 is 1.90. The molecule has 14 heavy (non-hydrogen) atoms. The van der Waals surface area contributed by atoms with Crippen molar-refractivity contribution in [1.82, 2.24) is 5.32 Å². The Morgan fingerprint density at radius 1 is 1.43 bits per heavy atom. The molecule has 3 aliphatic rings. The molecule has 0 amide bonds. The van der Waals surface area contributed by atoms with Crippen LogP contribution in [0.5, 0.6) is 0 Å². The van der Waals surface area contributed by atoms with Gasteiger partial charge in [-0.3, -0.25) is 4.99 Å². The van der Waals surface area contributed by atoms with Crippen molar-refractivity contribution in [2.75, 3.05) is 18.8 Å². The average molecular weight is 210 g/mol. The lowest BCUT2D eigenvalue weighted by Gasteiger charge is -2.18. The van der Waals surface area contributed by atoms with E-state index < -0.39 is 0 Å². The Morgan fingerprint density at radius 3 is 2.86 bits per heavy atom. The first-order chi connectivity index (χ1) is 6.89. The number of aliphatic imine (C=N–C) groups is 1. The molecule has 2 aliphatic carbocycles. The van der Waals surface area contributed by atoms with Gasteiger partial charge in [-0.1, -0.05) is 11.8 Å². The first kappa shape index (κ1) is 9.08. The lowest BCUT2D eigenvalue weighted by Crippen LogP contribution is -2.30. The van der Waals surface area contributed by atoms with Crippen LogP contribution < -0.4 is 5.32 Å². The maximum atomic E-state index is 4.51. The monoisotopic (exact) mass is 210 g/mol. The van der Waals surface area contributed by atoms with Gasteiger partial charge in [-0.05, 0) is 43.4 Å². The van der Waals surface area contributed by atoms with Gasteiger partial charge in [0.25, 0.3) is 0 Å². The Hall–Kier alpha value is -0.180. The van der Waals surface area contributed by atoms with Crippen molar-refractivity contribution in [3.05, 3.63) is 0 Å². The molecule has 78 valence electrons. The molecule has 0 spiro atoms. The molecule has 0 aromatic heterocycles. The Balaban J connectivity index is 1.51. The summed E-state index contributed by atoms with van der Waals surface area (Å²) in [4.78, 5) is 4.51. The van der Waals surface area contributed by atoms with Crippen LogP contribution in [0.1, 0.15) is 32.1 Å². The third-order valence-corrected chi connectivity index (χ3v) is 4.76. The van der Waals surface area contributed by atoms with Crippen LogP contribution in [0.4, 0.5) is 0 Å². The largest absolute Gasteiger partial charge is 0.364 e. The zero-order valence-electron chi connectivity index (χ0n) is 8.59. The van der Waals surface area contributed by atoms with E-state index in [2.05, 4.69) is 10.3 Å². The van der Waals surface area contributed by atoms with E-state index in [4.69, 9.17) is 0 Å². The van der Waals surface area contributed by atoms with E-state index in [1.54, 1.807) is 0 Å². The molecule has 0 saturated heterocycles. The molecule has 3 rings (SSSR count). The lowest BCUT2D eigenvalue weighted by molar-refractivity contribution is 0.434. The van der Waals surface area contributed by atoms with E-state index in [0.717, 1.165) is 12.5 Å². The predicted molar refractivity (Wildman–Crippen MR) is 61.8 cm³/mol. The number of hydrogen-bond acceptors (Lipinski definition) is 3. The van der Waals surface area contributed by atoms with Crippen molar-refractivity contribution in [2.24, 2.45) is 16.3 Å². The molecule has 1 N–H and O–H groups in total. The highest BCUT2D eigenvalue weighted by Gasteiger charge is 2.53. The number of amidine groups is 1.